The molecule has 0 spiro atoms. The van der Waals surface area contributed by atoms with Crippen LogP contribution in [0.4, 0.5) is 4.79 Å². The van der Waals surface area contributed by atoms with Crippen LogP contribution in [0.5, 0.6) is 5.88 Å². The fourth-order valence-corrected chi connectivity index (χ4v) is 1.89. The lowest BCUT2D eigenvalue weighted by Gasteiger charge is -2.09. The van der Waals surface area contributed by atoms with Gasteiger partial charge in [-0.25, -0.2) is 9.78 Å². The molecule has 7 heteroatoms. The molecule has 2 rings (SSSR count). The van der Waals surface area contributed by atoms with Crippen molar-refractivity contribution in [3.8, 4) is 5.88 Å². The van der Waals surface area contributed by atoms with E-state index in [1.54, 1.807) is 30.7 Å². The van der Waals surface area contributed by atoms with Crippen molar-refractivity contribution in [2.45, 2.75) is 6.42 Å². The zero-order valence-electron chi connectivity index (χ0n) is 12.0. The van der Waals surface area contributed by atoms with Crippen LogP contribution in [0, 0.1) is 0 Å². The normalized spacial score (nSPS) is 10.0. The maximum absolute atomic E-state index is 11.6. The van der Waals surface area contributed by atoms with Gasteiger partial charge in [-0.3, -0.25) is 4.98 Å². The quantitative estimate of drug-likeness (QED) is 0.766. The molecule has 0 saturated heterocycles. The van der Waals surface area contributed by atoms with E-state index in [0.29, 0.717) is 30.6 Å². The molecular formula is C15H17ClN4O2. The number of nitrogens with zero attached hydrogens (tertiary/aromatic N) is 2. The minimum Gasteiger partial charge on any atom is -0.475 e. The first kappa shape index (κ1) is 16.0. The van der Waals surface area contributed by atoms with Crippen molar-refractivity contribution in [3.63, 3.8) is 0 Å². The molecule has 22 heavy (non-hydrogen) atoms. The fraction of sp³-hybridized carbons (Fsp3) is 0.267. The summed E-state index contributed by atoms with van der Waals surface area (Å²) in [5.41, 5.74) is 1.08. The predicted octanol–water partition coefficient (Wildman–Crippen LogP) is 2.05. The number of aromatic nitrogens is 2. The topological polar surface area (TPSA) is 76.1 Å². The molecule has 0 bridgehead atoms. The first-order valence-electron chi connectivity index (χ1n) is 6.89. The molecule has 0 radical (unpaired) electrons. The van der Waals surface area contributed by atoms with Gasteiger partial charge < -0.3 is 15.4 Å². The van der Waals surface area contributed by atoms with Crippen molar-refractivity contribution in [3.05, 3.63) is 53.4 Å². The van der Waals surface area contributed by atoms with Gasteiger partial charge in [-0.15, -0.1) is 0 Å². The van der Waals surface area contributed by atoms with Crippen LogP contribution in [0.3, 0.4) is 0 Å². The van der Waals surface area contributed by atoms with Crippen LogP contribution in [0.25, 0.3) is 0 Å². The van der Waals surface area contributed by atoms with Gasteiger partial charge in [0.1, 0.15) is 11.6 Å². The maximum Gasteiger partial charge on any atom is 0.314 e. The second kappa shape index (κ2) is 8.84. The summed E-state index contributed by atoms with van der Waals surface area (Å²) in [6, 6.07) is 7.03. The summed E-state index contributed by atoms with van der Waals surface area (Å²) in [6.07, 6.45) is 5.84. The van der Waals surface area contributed by atoms with E-state index in [-0.39, 0.29) is 6.03 Å². The van der Waals surface area contributed by atoms with Crippen LogP contribution >= 0.6 is 11.6 Å². The summed E-state index contributed by atoms with van der Waals surface area (Å²) in [4.78, 5) is 19.6. The van der Waals surface area contributed by atoms with Crippen molar-refractivity contribution in [2.75, 3.05) is 19.7 Å². The third-order valence-electron chi connectivity index (χ3n) is 2.77. The second-order valence-corrected chi connectivity index (χ2v) is 4.84. The molecule has 0 atom stereocenters. The standard InChI is InChI=1S/C15H17ClN4O2/c16-13-4-2-7-18-14(13)22-10-9-20-15(21)19-8-5-12-3-1-6-17-11-12/h1-4,6-7,11H,5,8-10H2,(H2,19,20,21). The minimum atomic E-state index is -0.236. The molecule has 6 nitrogen and oxygen atoms in total. The molecule has 2 amide bonds. The number of hydrogen-bond acceptors (Lipinski definition) is 4. The molecule has 2 aromatic rings. The van der Waals surface area contributed by atoms with Gasteiger partial charge in [0.25, 0.3) is 0 Å². The Labute approximate surface area is 133 Å². The fourth-order valence-electron chi connectivity index (χ4n) is 1.72. The number of urea groups is 1. The Hall–Kier alpha value is -2.34. The maximum atomic E-state index is 11.6. The Morgan fingerprint density at radius 1 is 1.18 bits per heavy atom. The smallest absolute Gasteiger partial charge is 0.314 e. The summed E-state index contributed by atoms with van der Waals surface area (Å²) in [6.45, 7) is 1.21. The average molecular weight is 321 g/mol. The molecule has 0 saturated carbocycles. The molecule has 0 aliphatic rings. The number of pyridine rings is 2. The van der Waals surface area contributed by atoms with E-state index >= 15 is 0 Å². The van der Waals surface area contributed by atoms with Crippen LogP contribution in [-0.2, 0) is 6.42 Å². The highest BCUT2D eigenvalue weighted by Gasteiger charge is 2.02. The number of nitrogens with one attached hydrogen (secondary N) is 2. The molecular weight excluding hydrogens is 304 g/mol. The lowest BCUT2D eigenvalue weighted by atomic mass is 10.2. The Kier molecular flexibility index (Phi) is 6.44. The van der Waals surface area contributed by atoms with Gasteiger partial charge in [0.05, 0.1) is 6.54 Å². The van der Waals surface area contributed by atoms with Crippen LogP contribution in [0.2, 0.25) is 5.02 Å². The van der Waals surface area contributed by atoms with Gasteiger partial charge in [0, 0.05) is 25.1 Å². The van der Waals surface area contributed by atoms with Crippen LogP contribution in [0.15, 0.2) is 42.9 Å². The number of carbonyl (C=O) groups is 1. The van der Waals surface area contributed by atoms with E-state index < -0.39 is 0 Å². The highest BCUT2D eigenvalue weighted by atomic mass is 35.5. The minimum absolute atomic E-state index is 0.236. The van der Waals surface area contributed by atoms with Gasteiger partial charge in [0.2, 0.25) is 5.88 Å². The van der Waals surface area contributed by atoms with E-state index in [0.717, 1.165) is 12.0 Å². The first-order chi connectivity index (χ1) is 10.8. The largest absolute Gasteiger partial charge is 0.475 e. The Morgan fingerprint density at radius 2 is 2.00 bits per heavy atom. The number of amides is 2. The zero-order chi connectivity index (χ0) is 15.6. The highest BCUT2D eigenvalue weighted by Crippen LogP contribution is 2.19. The number of hydrogen-bond donors (Lipinski definition) is 2. The number of halogens is 1. The van der Waals surface area contributed by atoms with Gasteiger partial charge in [-0.1, -0.05) is 17.7 Å². The van der Waals surface area contributed by atoms with E-state index in [9.17, 15) is 4.79 Å². The Morgan fingerprint density at radius 3 is 2.77 bits per heavy atom. The van der Waals surface area contributed by atoms with Crippen LogP contribution in [-0.4, -0.2) is 35.7 Å². The zero-order valence-corrected chi connectivity index (χ0v) is 12.7. The van der Waals surface area contributed by atoms with Gasteiger partial charge in [0.15, 0.2) is 0 Å². The summed E-state index contributed by atoms with van der Waals surface area (Å²) >= 11 is 5.90. The average Bonchev–Trinajstić information content (AvgIpc) is 2.54. The molecule has 0 aliphatic heterocycles. The lowest BCUT2D eigenvalue weighted by Crippen LogP contribution is -2.38. The third kappa shape index (κ3) is 5.57. The molecule has 0 fully saturated rings. The third-order valence-corrected chi connectivity index (χ3v) is 3.06. The number of rotatable bonds is 7. The molecule has 0 aromatic carbocycles. The lowest BCUT2D eigenvalue weighted by molar-refractivity contribution is 0.236. The second-order valence-electron chi connectivity index (χ2n) is 4.43. The molecule has 2 aromatic heterocycles. The van der Waals surface area contributed by atoms with E-state index in [2.05, 4.69) is 20.6 Å². The monoisotopic (exact) mass is 320 g/mol. The summed E-state index contributed by atoms with van der Waals surface area (Å²) in [7, 11) is 0. The van der Waals surface area contributed by atoms with E-state index in [1.165, 1.54) is 0 Å². The molecule has 0 unspecified atom stereocenters. The van der Waals surface area contributed by atoms with Crippen molar-refractivity contribution in [2.24, 2.45) is 0 Å². The van der Waals surface area contributed by atoms with Crippen molar-refractivity contribution >= 4 is 17.6 Å². The molecule has 0 aliphatic carbocycles. The van der Waals surface area contributed by atoms with Crippen LogP contribution in [0.1, 0.15) is 5.56 Å². The highest BCUT2D eigenvalue weighted by molar-refractivity contribution is 6.31. The van der Waals surface area contributed by atoms with Gasteiger partial charge in [-0.05, 0) is 30.2 Å². The summed E-state index contributed by atoms with van der Waals surface area (Å²) < 4.78 is 5.37. The summed E-state index contributed by atoms with van der Waals surface area (Å²) in [5.74, 6) is 0.364. The molecule has 116 valence electrons. The Balaban J connectivity index is 1.57. The first-order valence-corrected chi connectivity index (χ1v) is 7.27. The van der Waals surface area contributed by atoms with Crippen molar-refractivity contribution < 1.29 is 9.53 Å². The predicted molar refractivity (Wildman–Crippen MR) is 84.1 cm³/mol. The summed E-state index contributed by atoms with van der Waals surface area (Å²) in [5, 5.41) is 5.91. The van der Waals surface area contributed by atoms with E-state index in [4.69, 9.17) is 16.3 Å². The van der Waals surface area contributed by atoms with E-state index in [1.807, 2.05) is 12.1 Å². The number of ether oxygens (including phenoxy) is 1. The van der Waals surface area contributed by atoms with Crippen molar-refractivity contribution in [1.82, 2.24) is 20.6 Å². The van der Waals surface area contributed by atoms with Crippen molar-refractivity contribution in [1.29, 1.82) is 0 Å². The molecule has 2 heterocycles. The van der Waals surface area contributed by atoms with Gasteiger partial charge in [-0.2, -0.15) is 0 Å². The molecule has 2 N–H and O–H groups in total. The Bertz CT molecular complexity index is 595. The number of carbonyl (C=O) groups excluding carboxylic acids is 1. The SMILES string of the molecule is O=C(NCCOc1ncccc1Cl)NCCc1cccnc1. The van der Waals surface area contributed by atoms with Gasteiger partial charge >= 0.3 is 6.03 Å². The van der Waals surface area contributed by atoms with Crippen LogP contribution < -0.4 is 15.4 Å².